The number of sulfonamides is 1. The highest BCUT2D eigenvalue weighted by atomic mass is 32.2. The van der Waals surface area contributed by atoms with Gasteiger partial charge in [-0.05, 0) is 42.0 Å². The van der Waals surface area contributed by atoms with Crippen molar-refractivity contribution in [1.82, 2.24) is 4.98 Å². The molecule has 1 aliphatic heterocycles. The van der Waals surface area contributed by atoms with Gasteiger partial charge in [0, 0.05) is 30.2 Å². The van der Waals surface area contributed by atoms with Crippen LogP contribution in [-0.4, -0.2) is 32.0 Å². The van der Waals surface area contributed by atoms with Crippen LogP contribution in [0.4, 0.5) is 24.5 Å². The summed E-state index contributed by atoms with van der Waals surface area (Å²) in [5.74, 6) is 0. The second kappa shape index (κ2) is 8.50. The van der Waals surface area contributed by atoms with E-state index in [1.807, 2.05) is 4.90 Å². The predicted molar refractivity (Wildman–Crippen MR) is 119 cm³/mol. The van der Waals surface area contributed by atoms with E-state index < -0.39 is 15.5 Å². The van der Waals surface area contributed by atoms with Gasteiger partial charge >= 0.3 is 15.5 Å². The molecule has 2 N–H and O–H groups in total. The van der Waals surface area contributed by atoms with Gasteiger partial charge in [0.2, 0.25) is 0 Å². The number of H-pyrrole nitrogens is 1. The molecule has 1 saturated heterocycles. The first kappa shape index (κ1) is 22.2. The summed E-state index contributed by atoms with van der Waals surface area (Å²) in [6, 6.07) is 11.6. The van der Waals surface area contributed by atoms with Gasteiger partial charge in [0.25, 0.3) is 5.56 Å². The second-order valence-corrected chi connectivity index (χ2v) is 9.44. The summed E-state index contributed by atoms with van der Waals surface area (Å²) in [5.41, 5.74) is -4.41. The summed E-state index contributed by atoms with van der Waals surface area (Å²) < 4.78 is 65.0. The first-order valence-corrected chi connectivity index (χ1v) is 11.7. The van der Waals surface area contributed by atoms with Crippen molar-refractivity contribution in [2.24, 2.45) is 0 Å². The van der Waals surface area contributed by atoms with Crippen molar-refractivity contribution in [3.05, 3.63) is 59.0 Å². The number of hydrogen-bond acceptors (Lipinski definition) is 4. The van der Waals surface area contributed by atoms with Crippen LogP contribution >= 0.6 is 0 Å². The zero-order valence-corrected chi connectivity index (χ0v) is 17.9. The van der Waals surface area contributed by atoms with E-state index in [1.165, 1.54) is 12.3 Å². The third-order valence-electron chi connectivity index (χ3n) is 5.61. The molecule has 0 unspecified atom stereocenters. The van der Waals surface area contributed by atoms with Crippen LogP contribution in [0.1, 0.15) is 25.7 Å². The summed E-state index contributed by atoms with van der Waals surface area (Å²) in [6.07, 6.45) is 5.26. The number of fused-ring (bicyclic) bond motifs is 1. The molecule has 10 heteroatoms. The molecule has 0 aliphatic carbocycles. The minimum atomic E-state index is -5.60. The smallest absolute Gasteiger partial charge is 0.370 e. The van der Waals surface area contributed by atoms with Crippen molar-refractivity contribution < 1.29 is 21.6 Å². The summed E-state index contributed by atoms with van der Waals surface area (Å²) in [5, 5.41) is 1.04. The maximum Gasteiger partial charge on any atom is 0.516 e. The molecule has 2 aromatic carbocycles. The Morgan fingerprint density at radius 3 is 2.25 bits per heavy atom. The molecule has 6 nitrogen and oxygen atoms in total. The number of nitrogens with one attached hydrogen (secondary N) is 2. The summed E-state index contributed by atoms with van der Waals surface area (Å²) in [7, 11) is -5.60. The van der Waals surface area contributed by atoms with Crippen LogP contribution in [0, 0.1) is 0 Å². The maximum absolute atomic E-state index is 13.1. The number of aromatic amines is 1. The van der Waals surface area contributed by atoms with Crippen LogP contribution in [0.15, 0.2) is 53.5 Å². The van der Waals surface area contributed by atoms with E-state index in [0.717, 1.165) is 25.7 Å². The molecule has 2 heterocycles. The lowest BCUT2D eigenvalue weighted by Gasteiger charge is -2.26. The Bertz CT molecular complexity index is 1290. The Morgan fingerprint density at radius 2 is 1.59 bits per heavy atom. The Balaban J connectivity index is 1.86. The van der Waals surface area contributed by atoms with Gasteiger partial charge in [-0.1, -0.05) is 37.1 Å². The molecule has 3 aromatic rings. The van der Waals surface area contributed by atoms with Gasteiger partial charge < -0.3 is 9.88 Å². The van der Waals surface area contributed by atoms with Crippen LogP contribution in [0.3, 0.4) is 0 Å². The Hall–Kier alpha value is -3.01. The van der Waals surface area contributed by atoms with Crippen LogP contribution in [0.2, 0.25) is 0 Å². The molecule has 0 saturated carbocycles. The quantitative estimate of drug-likeness (QED) is 0.578. The van der Waals surface area contributed by atoms with Gasteiger partial charge in [0.05, 0.1) is 11.4 Å². The van der Waals surface area contributed by atoms with Gasteiger partial charge in [0.1, 0.15) is 0 Å². The van der Waals surface area contributed by atoms with E-state index in [2.05, 4.69) is 4.98 Å². The van der Waals surface area contributed by atoms with E-state index in [9.17, 15) is 26.4 Å². The molecule has 1 fully saturated rings. The SMILES string of the molecule is O=c1[nH]cc(-c2ccc(N3CCCCCC3)c(NS(=O)(=O)C(F)(F)F)c2)c2ccccc12. The molecule has 0 radical (unpaired) electrons. The number of halogens is 3. The van der Waals surface area contributed by atoms with Crippen molar-refractivity contribution in [3.63, 3.8) is 0 Å². The van der Waals surface area contributed by atoms with E-state index in [0.29, 0.717) is 40.7 Å². The number of rotatable bonds is 4. The lowest BCUT2D eigenvalue weighted by Crippen LogP contribution is -2.31. The average molecular weight is 465 g/mol. The van der Waals surface area contributed by atoms with Crippen LogP contribution in [-0.2, 0) is 10.0 Å². The van der Waals surface area contributed by atoms with Gasteiger partial charge in [-0.15, -0.1) is 0 Å². The highest BCUT2D eigenvalue weighted by Crippen LogP contribution is 2.37. The fraction of sp³-hybridized carbons (Fsp3) is 0.318. The largest absolute Gasteiger partial charge is 0.516 e. The first-order valence-electron chi connectivity index (χ1n) is 10.3. The van der Waals surface area contributed by atoms with Crippen molar-refractivity contribution in [1.29, 1.82) is 0 Å². The topological polar surface area (TPSA) is 82.3 Å². The molecule has 170 valence electrons. The average Bonchev–Trinajstić information content (AvgIpc) is 3.03. The van der Waals surface area contributed by atoms with Crippen LogP contribution < -0.4 is 15.2 Å². The number of anilines is 2. The molecule has 0 bridgehead atoms. The summed E-state index contributed by atoms with van der Waals surface area (Å²) >= 11 is 0. The lowest BCUT2D eigenvalue weighted by atomic mass is 10.00. The molecule has 1 aliphatic rings. The number of aromatic nitrogens is 1. The van der Waals surface area contributed by atoms with E-state index in [1.54, 1.807) is 41.1 Å². The number of pyridine rings is 1. The van der Waals surface area contributed by atoms with Gasteiger partial charge in [-0.25, -0.2) is 0 Å². The van der Waals surface area contributed by atoms with E-state index >= 15 is 0 Å². The standard InChI is InChI=1S/C22H22F3N3O3S/c23-22(24,25)32(30,31)27-19-13-15(9-10-20(19)28-11-5-1-2-6-12-28)18-14-26-21(29)17-8-4-3-7-16(17)18/h3-4,7-10,13-14,27H,1-2,5-6,11-12H2,(H,26,29). The minimum Gasteiger partial charge on any atom is -0.370 e. The first-order chi connectivity index (χ1) is 15.2. The number of alkyl halides is 3. The predicted octanol–water partition coefficient (Wildman–Crippen LogP) is 4.84. The fourth-order valence-corrected chi connectivity index (χ4v) is 4.59. The normalized spacial score (nSPS) is 15.5. The number of benzene rings is 2. The maximum atomic E-state index is 13.1. The summed E-state index contributed by atoms with van der Waals surface area (Å²) in [4.78, 5) is 16.7. The molecule has 0 spiro atoms. The van der Waals surface area contributed by atoms with E-state index in [4.69, 9.17) is 0 Å². The van der Waals surface area contributed by atoms with E-state index in [-0.39, 0.29) is 11.2 Å². The third kappa shape index (κ3) is 4.32. The molecule has 4 rings (SSSR count). The molecule has 0 amide bonds. The molecular formula is C22H22F3N3O3S. The highest BCUT2D eigenvalue weighted by molar-refractivity contribution is 7.93. The monoisotopic (exact) mass is 465 g/mol. The van der Waals surface area contributed by atoms with Gasteiger partial charge in [-0.2, -0.15) is 21.6 Å². The number of nitrogens with zero attached hydrogens (tertiary/aromatic N) is 1. The van der Waals surface area contributed by atoms with Crippen LogP contribution in [0.25, 0.3) is 21.9 Å². The zero-order valence-electron chi connectivity index (χ0n) is 17.1. The lowest BCUT2D eigenvalue weighted by molar-refractivity contribution is -0.0429. The van der Waals surface area contributed by atoms with Crippen LogP contribution in [0.5, 0.6) is 0 Å². The fourth-order valence-electron chi connectivity index (χ4n) is 4.02. The Kier molecular flexibility index (Phi) is 5.89. The van der Waals surface area contributed by atoms with Crippen molar-refractivity contribution in [3.8, 4) is 11.1 Å². The van der Waals surface area contributed by atoms with Gasteiger partial charge in [-0.3, -0.25) is 9.52 Å². The number of hydrogen-bond donors (Lipinski definition) is 2. The highest BCUT2D eigenvalue weighted by Gasteiger charge is 2.46. The Morgan fingerprint density at radius 1 is 0.938 bits per heavy atom. The molecule has 1 aromatic heterocycles. The Labute approximate surface area is 183 Å². The van der Waals surface area contributed by atoms with Gasteiger partial charge in [0.15, 0.2) is 0 Å². The van der Waals surface area contributed by atoms with Crippen molar-refractivity contribution in [2.75, 3.05) is 22.7 Å². The summed E-state index contributed by atoms with van der Waals surface area (Å²) in [6.45, 7) is 1.25. The zero-order chi connectivity index (χ0) is 22.9. The molecule has 0 atom stereocenters. The van der Waals surface area contributed by atoms with Crippen molar-refractivity contribution >= 4 is 32.2 Å². The molecular weight excluding hydrogens is 443 g/mol. The van der Waals surface area contributed by atoms with Crippen molar-refractivity contribution in [2.45, 2.75) is 31.2 Å². The second-order valence-electron chi connectivity index (χ2n) is 7.76. The molecule has 32 heavy (non-hydrogen) atoms. The minimum absolute atomic E-state index is 0.142. The third-order valence-corrected chi connectivity index (χ3v) is 6.71.